The summed E-state index contributed by atoms with van der Waals surface area (Å²) in [4.78, 5) is 0. The summed E-state index contributed by atoms with van der Waals surface area (Å²) in [5, 5.41) is 8.75. The highest BCUT2D eigenvalue weighted by atomic mass is 79.9. The number of halogens is 1. The van der Waals surface area contributed by atoms with Gasteiger partial charge in [-0.05, 0) is 47.3 Å². The maximum Gasteiger partial charge on any atom is 0.138 e. The summed E-state index contributed by atoms with van der Waals surface area (Å²) >= 11 is 3.49. The van der Waals surface area contributed by atoms with Crippen LogP contribution in [0.5, 0.6) is 5.75 Å². The molecule has 0 aliphatic heterocycles. The third-order valence-electron chi connectivity index (χ3n) is 2.34. The molecule has 1 aliphatic carbocycles. The van der Waals surface area contributed by atoms with E-state index in [-0.39, 0.29) is 0 Å². The zero-order chi connectivity index (χ0) is 10.8. The van der Waals surface area contributed by atoms with Crippen molar-refractivity contribution >= 4 is 15.9 Å². The second-order valence-electron chi connectivity index (χ2n) is 3.89. The maximum atomic E-state index is 8.75. The van der Waals surface area contributed by atoms with Crippen molar-refractivity contribution in [2.75, 3.05) is 0 Å². The average Bonchev–Trinajstić information content (AvgIpc) is 2.95. The molecule has 0 radical (unpaired) electrons. The van der Waals surface area contributed by atoms with Crippen LogP contribution in [-0.2, 0) is 6.54 Å². The minimum absolute atomic E-state index is 0.362. The van der Waals surface area contributed by atoms with Gasteiger partial charge >= 0.3 is 0 Å². The van der Waals surface area contributed by atoms with Crippen LogP contribution in [-0.4, -0.2) is 11.3 Å². The molecular weight excluding hydrogens is 258 g/mol. The number of hydrogen-bond donors (Lipinski definition) is 2. The van der Waals surface area contributed by atoms with E-state index in [9.17, 15) is 0 Å². The predicted molar refractivity (Wildman–Crippen MR) is 61.2 cm³/mol. The highest BCUT2D eigenvalue weighted by molar-refractivity contribution is 9.10. The molecule has 1 fully saturated rings. The molecule has 0 unspecified atom stereocenters. The van der Waals surface area contributed by atoms with E-state index in [0.29, 0.717) is 12.6 Å². The Labute approximate surface area is 97.5 Å². The molecule has 0 aromatic heterocycles. The number of nitrogens with one attached hydrogen (secondary N) is 1. The molecule has 1 aromatic rings. The highest BCUT2D eigenvalue weighted by Crippen LogP contribution is 2.35. The third-order valence-corrected chi connectivity index (χ3v) is 2.93. The van der Waals surface area contributed by atoms with Gasteiger partial charge in [0.2, 0.25) is 0 Å². The smallest absolute Gasteiger partial charge is 0.138 e. The van der Waals surface area contributed by atoms with Crippen LogP contribution < -0.4 is 10.2 Å². The van der Waals surface area contributed by atoms with Crippen LogP contribution in [0.15, 0.2) is 16.6 Å². The van der Waals surface area contributed by atoms with Crippen molar-refractivity contribution in [3.63, 3.8) is 0 Å². The monoisotopic (exact) mass is 271 g/mol. The van der Waals surface area contributed by atoms with Crippen LogP contribution in [0.1, 0.15) is 24.0 Å². The molecule has 0 bridgehead atoms. The molecule has 1 aromatic carbocycles. The number of benzene rings is 1. The van der Waals surface area contributed by atoms with Crippen molar-refractivity contribution < 1.29 is 9.94 Å². The quantitative estimate of drug-likeness (QED) is 0.828. The molecule has 15 heavy (non-hydrogen) atoms. The van der Waals surface area contributed by atoms with Crippen molar-refractivity contribution in [2.45, 2.75) is 32.4 Å². The molecule has 0 spiro atoms. The zero-order valence-electron chi connectivity index (χ0n) is 8.59. The topological polar surface area (TPSA) is 41.5 Å². The van der Waals surface area contributed by atoms with Gasteiger partial charge in [0, 0.05) is 12.1 Å². The minimum Gasteiger partial charge on any atom is -0.489 e. The van der Waals surface area contributed by atoms with E-state index in [1.54, 1.807) is 0 Å². The van der Waals surface area contributed by atoms with Crippen molar-refractivity contribution in [1.29, 1.82) is 0 Å². The van der Waals surface area contributed by atoms with Crippen molar-refractivity contribution in [1.82, 2.24) is 5.48 Å². The SMILES string of the molecule is Cc1cc(Br)c(OC2CC2)c(CNO)c1. The normalized spacial score (nSPS) is 15.4. The zero-order valence-corrected chi connectivity index (χ0v) is 10.2. The summed E-state index contributed by atoms with van der Waals surface area (Å²) in [7, 11) is 0. The largest absolute Gasteiger partial charge is 0.489 e. The van der Waals surface area contributed by atoms with Gasteiger partial charge in [0.1, 0.15) is 5.75 Å². The number of ether oxygens (including phenoxy) is 1. The van der Waals surface area contributed by atoms with Crippen LogP contribution in [0, 0.1) is 6.92 Å². The summed E-state index contributed by atoms with van der Waals surface area (Å²) in [5.41, 5.74) is 4.30. The third kappa shape index (κ3) is 2.71. The fourth-order valence-corrected chi connectivity index (χ4v) is 2.21. The standard InChI is InChI=1S/C11H14BrNO2/c1-7-4-8(6-13-14)11(10(12)5-7)15-9-2-3-9/h4-5,9,13-14H,2-3,6H2,1H3. The molecular formula is C11H14BrNO2. The number of hydroxylamine groups is 1. The van der Waals surface area contributed by atoms with Crippen molar-refractivity contribution in [2.24, 2.45) is 0 Å². The van der Waals surface area contributed by atoms with Crippen LogP contribution in [0.2, 0.25) is 0 Å². The fraction of sp³-hybridized carbons (Fsp3) is 0.455. The van der Waals surface area contributed by atoms with Crippen LogP contribution in [0.3, 0.4) is 0 Å². The minimum atomic E-state index is 0.362. The van der Waals surface area contributed by atoms with Crippen molar-refractivity contribution in [3.8, 4) is 5.75 Å². The van der Waals surface area contributed by atoms with E-state index >= 15 is 0 Å². The summed E-state index contributed by atoms with van der Waals surface area (Å²) in [6, 6.07) is 4.05. The second-order valence-corrected chi connectivity index (χ2v) is 4.74. The second kappa shape index (κ2) is 4.51. The first-order chi connectivity index (χ1) is 7.20. The number of rotatable bonds is 4. The molecule has 0 amide bonds. The van der Waals surface area contributed by atoms with Crippen LogP contribution >= 0.6 is 15.9 Å². The van der Waals surface area contributed by atoms with Gasteiger partial charge in [-0.3, -0.25) is 0 Å². The Morgan fingerprint density at radius 1 is 1.53 bits per heavy atom. The van der Waals surface area contributed by atoms with Gasteiger partial charge in [-0.15, -0.1) is 0 Å². The Morgan fingerprint density at radius 3 is 2.87 bits per heavy atom. The Morgan fingerprint density at radius 2 is 2.27 bits per heavy atom. The lowest BCUT2D eigenvalue weighted by atomic mass is 10.1. The van der Waals surface area contributed by atoms with Crippen LogP contribution in [0.25, 0.3) is 0 Å². The lowest BCUT2D eigenvalue weighted by molar-refractivity contribution is 0.159. The summed E-state index contributed by atoms with van der Waals surface area (Å²) in [5.74, 6) is 0.852. The van der Waals surface area contributed by atoms with E-state index in [2.05, 4.69) is 21.4 Å². The molecule has 0 heterocycles. The molecule has 3 nitrogen and oxygen atoms in total. The van der Waals surface area contributed by atoms with Gasteiger partial charge in [0.25, 0.3) is 0 Å². The Kier molecular flexibility index (Phi) is 3.29. The molecule has 82 valence electrons. The molecule has 1 saturated carbocycles. The predicted octanol–water partition coefficient (Wildman–Crippen LogP) is 2.78. The molecule has 2 rings (SSSR count). The van der Waals surface area contributed by atoms with Gasteiger partial charge in [0.15, 0.2) is 0 Å². The average molecular weight is 272 g/mol. The molecule has 0 saturated heterocycles. The molecule has 2 N–H and O–H groups in total. The van der Waals surface area contributed by atoms with Crippen LogP contribution in [0.4, 0.5) is 0 Å². The number of hydrogen-bond acceptors (Lipinski definition) is 3. The van der Waals surface area contributed by atoms with Gasteiger partial charge in [-0.1, -0.05) is 6.07 Å². The van der Waals surface area contributed by atoms with Gasteiger partial charge < -0.3 is 9.94 Å². The molecule has 1 aliphatic rings. The first-order valence-corrected chi connectivity index (χ1v) is 5.82. The first kappa shape index (κ1) is 10.9. The fourth-order valence-electron chi connectivity index (χ4n) is 1.50. The summed E-state index contributed by atoms with van der Waals surface area (Å²) < 4.78 is 6.75. The summed E-state index contributed by atoms with van der Waals surface area (Å²) in [6.45, 7) is 2.43. The van der Waals surface area contributed by atoms with Gasteiger partial charge in [0.05, 0.1) is 10.6 Å². The molecule has 0 atom stereocenters. The van der Waals surface area contributed by atoms with E-state index in [4.69, 9.17) is 9.94 Å². The van der Waals surface area contributed by atoms with E-state index in [0.717, 1.165) is 34.2 Å². The number of aryl methyl sites for hydroxylation is 1. The maximum absolute atomic E-state index is 8.75. The van der Waals surface area contributed by atoms with Crippen molar-refractivity contribution in [3.05, 3.63) is 27.7 Å². The Bertz CT molecular complexity index is 364. The highest BCUT2D eigenvalue weighted by Gasteiger charge is 2.25. The lowest BCUT2D eigenvalue weighted by Gasteiger charge is -2.13. The van der Waals surface area contributed by atoms with E-state index in [1.165, 1.54) is 0 Å². The Balaban J connectivity index is 2.29. The lowest BCUT2D eigenvalue weighted by Crippen LogP contribution is -2.09. The molecule has 4 heteroatoms. The van der Waals surface area contributed by atoms with Gasteiger partial charge in [-0.25, -0.2) is 5.48 Å². The Hall–Kier alpha value is -0.580. The first-order valence-electron chi connectivity index (χ1n) is 5.03. The summed E-state index contributed by atoms with van der Waals surface area (Å²) in [6.07, 6.45) is 2.62. The van der Waals surface area contributed by atoms with Gasteiger partial charge in [-0.2, -0.15) is 0 Å². The van der Waals surface area contributed by atoms with E-state index < -0.39 is 0 Å². The van der Waals surface area contributed by atoms with E-state index in [1.807, 2.05) is 19.1 Å².